The van der Waals surface area contributed by atoms with Crippen LogP contribution in [0, 0.1) is 0 Å². The maximum absolute atomic E-state index is 11.6. The predicted molar refractivity (Wildman–Crippen MR) is 69.9 cm³/mol. The molecule has 0 saturated carbocycles. The summed E-state index contributed by atoms with van der Waals surface area (Å²) >= 11 is 0. The highest BCUT2D eigenvalue weighted by Gasteiger charge is 2.18. The van der Waals surface area contributed by atoms with Crippen molar-refractivity contribution in [2.45, 2.75) is 13.0 Å². The van der Waals surface area contributed by atoms with Gasteiger partial charge >= 0.3 is 0 Å². The van der Waals surface area contributed by atoms with E-state index in [1.165, 1.54) is 6.08 Å². The number of rotatable bonds is 3. The van der Waals surface area contributed by atoms with Crippen molar-refractivity contribution in [1.82, 2.24) is 19.4 Å². The van der Waals surface area contributed by atoms with Crippen LogP contribution in [0.25, 0.3) is 0 Å². The van der Waals surface area contributed by atoms with Gasteiger partial charge in [-0.25, -0.2) is 4.98 Å². The Balaban J connectivity index is 1.91. The van der Waals surface area contributed by atoms with Gasteiger partial charge in [-0.15, -0.1) is 0 Å². The summed E-state index contributed by atoms with van der Waals surface area (Å²) in [6, 6.07) is 0. The van der Waals surface area contributed by atoms with Crippen LogP contribution in [0.5, 0.6) is 0 Å². The summed E-state index contributed by atoms with van der Waals surface area (Å²) in [5.41, 5.74) is 0. The summed E-state index contributed by atoms with van der Waals surface area (Å²) in [4.78, 5) is 20.1. The van der Waals surface area contributed by atoms with Gasteiger partial charge in [0.1, 0.15) is 5.82 Å². The molecule has 1 aliphatic rings. The third kappa shape index (κ3) is 2.98. The van der Waals surface area contributed by atoms with E-state index in [2.05, 4.69) is 16.5 Å². The molecule has 5 heteroatoms. The van der Waals surface area contributed by atoms with Crippen molar-refractivity contribution >= 4 is 5.91 Å². The van der Waals surface area contributed by atoms with Crippen molar-refractivity contribution in [2.75, 3.05) is 26.2 Å². The molecule has 1 amide bonds. The molecule has 0 aliphatic carbocycles. The fourth-order valence-corrected chi connectivity index (χ4v) is 2.23. The minimum absolute atomic E-state index is 0.0360. The SMILES string of the molecule is C=CC(=O)N1CCCN(Cc2nccn2C)CC1. The lowest BCUT2D eigenvalue weighted by Crippen LogP contribution is -2.34. The monoisotopic (exact) mass is 248 g/mol. The first-order valence-corrected chi connectivity index (χ1v) is 6.30. The number of nitrogens with zero attached hydrogens (tertiary/aromatic N) is 4. The zero-order valence-corrected chi connectivity index (χ0v) is 10.9. The number of hydrogen-bond acceptors (Lipinski definition) is 3. The van der Waals surface area contributed by atoms with E-state index in [-0.39, 0.29) is 5.91 Å². The Morgan fingerprint density at radius 3 is 2.94 bits per heavy atom. The maximum atomic E-state index is 11.6. The zero-order chi connectivity index (χ0) is 13.0. The topological polar surface area (TPSA) is 41.4 Å². The fourth-order valence-electron chi connectivity index (χ4n) is 2.23. The summed E-state index contributed by atoms with van der Waals surface area (Å²) in [5.74, 6) is 1.10. The Hall–Kier alpha value is -1.62. The largest absolute Gasteiger partial charge is 0.338 e. The molecule has 1 aliphatic heterocycles. The molecule has 0 radical (unpaired) electrons. The maximum Gasteiger partial charge on any atom is 0.245 e. The average Bonchev–Trinajstić information content (AvgIpc) is 2.65. The number of aromatic nitrogens is 2. The van der Waals surface area contributed by atoms with Crippen molar-refractivity contribution in [3.8, 4) is 0 Å². The van der Waals surface area contributed by atoms with E-state index in [4.69, 9.17) is 0 Å². The molecule has 2 heterocycles. The molecule has 98 valence electrons. The van der Waals surface area contributed by atoms with Gasteiger partial charge in [-0.3, -0.25) is 9.69 Å². The minimum Gasteiger partial charge on any atom is -0.338 e. The fraction of sp³-hybridized carbons (Fsp3) is 0.538. The molecule has 0 bridgehead atoms. The van der Waals surface area contributed by atoms with Crippen molar-refractivity contribution in [1.29, 1.82) is 0 Å². The van der Waals surface area contributed by atoms with E-state index < -0.39 is 0 Å². The van der Waals surface area contributed by atoms with Crippen molar-refractivity contribution in [3.63, 3.8) is 0 Å². The minimum atomic E-state index is 0.0360. The molecular weight excluding hydrogens is 228 g/mol. The highest BCUT2D eigenvalue weighted by atomic mass is 16.2. The quantitative estimate of drug-likeness (QED) is 0.737. The van der Waals surface area contributed by atoms with Crippen LogP contribution in [0.2, 0.25) is 0 Å². The van der Waals surface area contributed by atoms with Crippen LogP contribution in [0.15, 0.2) is 25.0 Å². The molecule has 1 saturated heterocycles. The van der Waals surface area contributed by atoms with Crippen molar-refractivity contribution in [3.05, 3.63) is 30.9 Å². The molecule has 18 heavy (non-hydrogen) atoms. The van der Waals surface area contributed by atoms with Gasteiger partial charge in [0, 0.05) is 45.6 Å². The van der Waals surface area contributed by atoms with Crippen LogP contribution in [0.4, 0.5) is 0 Å². The Labute approximate surface area is 108 Å². The van der Waals surface area contributed by atoms with Gasteiger partial charge < -0.3 is 9.47 Å². The lowest BCUT2D eigenvalue weighted by atomic mass is 10.3. The number of hydrogen-bond donors (Lipinski definition) is 0. The molecule has 5 nitrogen and oxygen atoms in total. The van der Waals surface area contributed by atoms with E-state index >= 15 is 0 Å². The Morgan fingerprint density at radius 1 is 1.44 bits per heavy atom. The standard InChI is InChI=1S/C13H20N4O/c1-3-13(18)17-7-4-6-16(9-10-17)11-12-14-5-8-15(12)2/h3,5,8H,1,4,6-7,9-11H2,2H3. The highest BCUT2D eigenvalue weighted by Crippen LogP contribution is 2.07. The van der Waals surface area contributed by atoms with Gasteiger partial charge in [0.05, 0.1) is 6.54 Å². The molecule has 1 aromatic rings. The van der Waals surface area contributed by atoms with Gasteiger partial charge in [-0.2, -0.15) is 0 Å². The van der Waals surface area contributed by atoms with Gasteiger partial charge in [0.2, 0.25) is 5.91 Å². The van der Waals surface area contributed by atoms with Gasteiger partial charge in [0.15, 0.2) is 0 Å². The first-order chi connectivity index (χ1) is 8.70. The number of amides is 1. The van der Waals surface area contributed by atoms with Crippen LogP contribution in [0.1, 0.15) is 12.2 Å². The summed E-state index contributed by atoms with van der Waals surface area (Å²) in [7, 11) is 2.01. The Kier molecular flexibility index (Phi) is 4.15. The first kappa shape index (κ1) is 12.8. The molecule has 0 spiro atoms. The smallest absolute Gasteiger partial charge is 0.245 e. The summed E-state index contributed by atoms with van der Waals surface area (Å²) < 4.78 is 2.04. The van der Waals surface area contributed by atoms with Crippen LogP contribution in [-0.2, 0) is 18.4 Å². The number of carbonyl (C=O) groups is 1. The van der Waals surface area contributed by atoms with E-state index in [0.717, 1.165) is 45.0 Å². The average molecular weight is 248 g/mol. The Morgan fingerprint density at radius 2 is 2.28 bits per heavy atom. The normalized spacial score (nSPS) is 17.5. The molecule has 2 rings (SSSR count). The van der Waals surface area contributed by atoms with Crippen molar-refractivity contribution in [2.24, 2.45) is 7.05 Å². The van der Waals surface area contributed by atoms with E-state index in [9.17, 15) is 4.79 Å². The molecule has 1 aromatic heterocycles. The van der Waals surface area contributed by atoms with Gasteiger partial charge in [0.25, 0.3) is 0 Å². The summed E-state index contributed by atoms with van der Waals surface area (Å²) in [5, 5.41) is 0. The van der Waals surface area contributed by atoms with E-state index in [1.807, 2.05) is 28.9 Å². The lowest BCUT2D eigenvalue weighted by molar-refractivity contribution is -0.125. The van der Waals surface area contributed by atoms with Gasteiger partial charge in [-0.05, 0) is 12.5 Å². The second-order valence-electron chi connectivity index (χ2n) is 4.61. The zero-order valence-electron chi connectivity index (χ0n) is 10.9. The van der Waals surface area contributed by atoms with Gasteiger partial charge in [-0.1, -0.05) is 6.58 Å². The van der Waals surface area contributed by atoms with Crippen LogP contribution >= 0.6 is 0 Å². The molecule has 0 unspecified atom stereocenters. The van der Waals surface area contributed by atoms with E-state index in [1.54, 1.807) is 0 Å². The summed E-state index contributed by atoms with van der Waals surface area (Å²) in [6.45, 7) is 7.88. The molecule has 0 atom stereocenters. The van der Waals surface area contributed by atoms with Crippen LogP contribution < -0.4 is 0 Å². The number of carbonyl (C=O) groups excluding carboxylic acids is 1. The molecule has 1 fully saturated rings. The second kappa shape index (κ2) is 5.82. The molecule has 0 N–H and O–H groups in total. The first-order valence-electron chi connectivity index (χ1n) is 6.30. The third-order valence-corrected chi connectivity index (χ3v) is 3.36. The highest BCUT2D eigenvalue weighted by molar-refractivity contribution is 5.86. The number of imidazole rings is 1. The van der Waals surface area contributed by atoms with E-state index in [0.29, 0.717) is 0 Å². The lowest BCUT2D eigenvalue weighted by Gasteiger charge is -2.20. The molecular formula is C13H20N4O. The molecule has 0 aromatic carbocycles. The predicted octanol–water partition coefficient (Wildman–Crippen LogP) is 0.640. The number of aryl methyl sites for hydroxylation is 1. The van der Waals surface area contributed by atoms with Crippen LogP contribution in [0.3, 0.4) is 0 Å². The summed E-state index contributed by atoms with van der Waals surface area (Å²) in [6.07, 6.45) is 6.18. The van der Waals surface area contributed by atoms with Crippen molar-refractivity contribution < 1.29 is 4.79 Å². The van der Waals surface area contributed by atoms with Crippen LogP contribution in [-0.4, -0.2) is 51.4 Å². The Bertz CT molecular complexity index is 426. The third-order valence-electron chi connectivity index (χ3n) is 3.36. The second-order valence-corrected chi connectivity index (χ2v) is 4.61.